The van der Waals surface area contributed by atoms with Crippen molar-refractivity contribution in [1.82, 2.24) is 5.32 Å². The van der Waals surface area contributed by atoms with Gasteiger partial charge in [0.1, 0.15) is 6.54 Å². The van der Waals surface area contributed by atoms with Gasteiger partial charge < -0.3 is 5.32 Å². The number of rotatable bonds is 8. The molecule has 1 N–H and O–H groups in total. The Kier molecular flexibility index (Phi) is 8.37. The normalized spacial score (nSPS) is 14.4. The van der Waals surface area contributed by atoms with E-state index in [2.05, 4.69) is 17.4 Å². The van der Waals surface area contributed by atoms with E-state index in [0.29, 0.717) is 16.8 Å². The summed E-state index contributed by atoms with van der Waals surface area (Å²) >= 11 is 5.76. The van der Waals surface area contributed by atoms with Crippen LogP contribution in [0.4, 0.5) is 18.9 Å². The second-order valence-electron chi connectivity index (χ2n) is 9.25. The van der Waals surface area contributed by atoms with E-state index < -0.39 is 39.2 Å². The number of nitrogens with zero attached hydrogens (tertiary/aromatic N) is 1. The first-order valence-electron chi connectivity index (χ1n) is 12.4. The molecule has 0 aromatic heterocycles. The Bertz CT molecular complexity index is 1410. The highest BCUT2D eigenvalue weighted by molar-refractivity contribution is 7.92. The van der Waals surface area contributed by atoms with Crippen molar-refractivity contribution in [2.75, 3.05) is 10.8 Å². The molecule has 3 aromatic carbocycles. The Morgan fingerprint density at radius 3 is 2.34 bits per heavy atom. The van der Waals surface area contributed by atoms with Crippen LogP contribution < -0.4 is 9.62 Å². The van der Waals surface area contributed by atoms with Crippen LogP contribution in [0.5, 0.6) is 0 Å². The molecule has 0 aliphatic heterocycles. The topological polar surface area (TPSA) is 66.5 Å². The summed E-state index contributed by atoms with van der Waals surface area (Å²) in [6.45, 7) is 1.19. The molecular weight excluding hydrogens is 537 g/mol. The van der Waals surface area contributed by atoms with E-state index in [0.717, 1.165) is 43.4 Å². The smallest absolute Gasteiger partial charge is 0.348 e. The lowest BCUT2D eigenvalue weighted by molar-refractivity contribution is -0.137. The number of alkyl halides is 3. The molecule has 0 unspecified atom stereocenters. The van der Waals surface area contributed by atoms with Gasteiger partial charge in [0.2, 0.25) is 5.91 Å². The summed E-state index contributed by atoms with van der Waals surface area (Å²) in [5, 5.41) is 2.31. The number of carbonyl (C=O) groups excluding carboxylic acids is 1. The molecule has 1 atom stereocenters. The predicted molar refractivity (Wildman–Crippen MR) is 142 cm³/mol. The quantitative estimate of drug-likeness (QED) is 0.331. The van der Waals surface area contributed by atoms with Crippen LogP contribution in [0.1, 0.15) is 54.5 Å². The van der Waals surface area contributed by atoms with Crippen LogP contribution in [0.2, 0.25) is 5.02 Å². The van der Waals surface area contributed by atoms with Gasteiger partial charge in [0, 0.05) is 0 Å². The van der Waals surface area contributed by atoms with Crippen molar-refractivity contribution in [3.8, 4) is 0 Å². The number of amides is 1. The molecular formula is C28H28ClF3N2O3S. The van der Waals surface area contributed by atoms with Crippen molar-refractivity contribution in [3.63, 3.8) is 0 Å². The number of halogens is 4. The zero-order chi connectivity index (χ0) is 27.5. The summed E-state index contributed by atoms with van der Waals surface area (Å²) < 4.78 is 68.5. The summed E-state index contributed by atoms with van der Waals surface area (Å²) in [4.78, 5) is 13.1. The van der Waals surface area contributed by atoms with E-state index in [1.807, 2.05) is 13.0 Å². The van der Waals surface area contributed by atoms with Gasteiger partial charge in [-0.15, -0.1) is 0 Å². The number of carbonyl (C=O) groups is 1. The molecule has 0 bridgehead atoms. The largest absolute Gasteiger partial charge is 0.417 e. The third-order valence-electron chi connectivity index (χ3n) is 6.68. The van der Waals surface area contributed by atoms with Gasteiger partial charge in [0.15, 0.2) is 0 Å². The molecule has 1 amide bonds. The van der Waals surface area contributed by atoms with Gasteiger partial charge >= 0.3 is 6.18 Å². The van der Waals surface area contributed by atoms with Gasteiger partial charge in [-0.25, -0.2) is 8.42 Å². The summed E-state index contributed by atoms with van der Waals surface area (Å²) in [5.41, 5.74) is 1.94. The van der Waals surface area contributed by atoms with E-state index in [-0.39, 0.29) is 16.6 Å². The summed E-state index contributed by atoms with van der Waals surface area (Å²) in [6, 6.07) is 15.8. The molecule has 202 valence electrons. The number of hydrogen-bond donors (Lipinski definition) is 1. The van der Waals surface area contributed by atoms with Crippen LogP contribution in [0.15, 0.2) is 71.6 Å². The minimum atomic E-state index is -4.81. The average molecular weight is 565 g/mol. The first-order chi connectivity index (χ1) is 18.0. The average Bonchev–Trinajstić information content (AvgIpc) is 2.90. The molecule has 38 heavy (non-hydrogen) atoms. The van der Waals surface area contributed by atoms with E-state index in [1.165, 1.54) is 35.4 Å². The highest BCUT2D eigenvalue weighted by atomic mass is 35.5. The Hall–Kier alpha value is -3.04. The van der Waals surface area contributed by atoms with Crippen molar-refractivity contribution in [2.45, 2.75) is 56.1 Å². The molecule has 0 fully saturated rings. The number of aryl methyl sites for hydroxylation is 2. The number of nitrogens with one attached hydrogen (secondary N) is 1. The highest BCUT2D eigenvalue weighted by Gasteiger charge is 2.35. The van der Waals surface area contributed by atoms with Gasteiger partial charge in [0.05, 0.1) is 27.2 Å². The molecule has 4 rings (SSSR count). The molecule has 0 saturated heterocycles. The molecule has 5 nitrogen and oxygen atoms in total. The maximum atomic E-state index is 13.6. The van der Waals surface area contributed by atoms with Gasteiger partial charge in [-0.3, -0.25) is 9.10 Å². The Balaban J connectivity index is 1.66. The molecule has 0 spiro atoms. The zero-order valence-electron chi connectivity index (χ0n) is 20.8. The SMILES string of the molecule is CC[C@@H](NC(=O)CN(c1ccc(Cl)c(C(F)(F)F)c1)S(=O)(=O)c1ccccc1)c1ccc2c(c1)CCCC2. The zero-order valence-corrected chi connectivity index (χ0v) is 22.3. The predicted octanol–water partition coefficient (Wildman–Crippen LogP) is 6.70. The van der Waals surface area contributed by atoms with Crippen molar-refractivity contribution >= 4 is 33.2 Å². The number of benzene rings is 3. The molecule has 0 saturated carbocycles. The van der Waals surface area contributed by atoms with Crippen LogP contribution in [-0.4, -0.2) is 20.9 Å². The lowest BCUT2D eigenvalue weighted by atomic mass is 9.89. The minimum absolute atomic E-state index is 0.155. The number of sulfonamides is 1. The van der Waals surface area contributed by atoms with Crippen LogP contribution in [0, 0.1) is 0 Å². The maximum Gasteiger partial charge on any atom is 0.417 e. The second kappa shape index (κ2) is 11.4. The van der Waals surface area contributed by atoms with E-state index in [4.69, 9.17) is 11.6 Å². The van der Waals surface area contributed by atoms with Crippen molar-refractivity contribution in [3.05, 3.63) is 94.0 Å². The lowest BCUT2D eigenvalue weighted by Crippen LogP contribution is -2.42. The van der Waals surface area contributed by atoms with Crippen molar-refractivity contribution in [1.29, 1.82) is 0 Å². The fourth-order valence-corrected chi connectivity index (χ4v) is 6.34. The molecule has 10 heteroatoms. The minimum Gasteiger partial charge on any atom is -0.348 e. The third kappa shape index (κ3) is 6.15. The van der Waals surface area contributed by atoms with Crippen molar-refractivity contribution < 1.29 is 26.4 Å². The third-order valence-corrected chi connectivity index (χ3v) is 8.80. The van der Waals surface area contributed by atoms with Gasteiger partial charge in [0.25, 0.3) is 10.0 Å². The molecule has 1 aliphatic carbocycles. The standard InChI is InChI=1S/C28H28ClF3N2O3S/c1-2-26(21-13-12-19-8-6-7-9-20(19)16-21)33-27(35)18-34(38(36,37)23-10-4-3-5-11-23)22-14-15-25(29)24(17-22)28(30,31)32/h3-5,10-17,26H,2,6-9,18H2,1H3,(H,33,35)/t26-/m1/s1. The lowest BCUT2D eigenvalue weighted by Gasteiger charge is -2.27. The number of hydrogen-bond acceptors (Lipinski definition) is 3. The Morgan fingerprint density at radius 2 is 1.68 bits per heavy atom. The van der Waals surface area contributed by atoms with E-state index >= 15 is 0 Å². The van der Waals surface area contributed by atoms with Gasteiger partial charge in [-0.05, 0) is 79.1 Å². The fourth-order valence-electron chi connectivity index (χ4n) is 4.68. The monoisotopic (exact) mass is 564 g/mol. The molecule has 0 heterocycles. The van der Waals surface area contributed by atoms with E-state index in [9.17, 15) is 26.4 Å². The van der Waals surface area contributed by atoms with Gasteiger partial charge in [-0.2, -0.15) is 13.2 Å². The van der Waals surface area contributed by atoms with Crippen LogP contribution in [-0.2, 0) is 33.8 Å². The van der Waals surface area contributed by atoms with Gasteiger partial charge in [-0.1, -0.05) is 54.9 Å². The molecule has 3 aromatic rings. The highest BCUT2D eigenvalue weighted by Crippen LogP contribution is 2.38. The van der Waals surface area contributed by atoms with Crippen molar-refractivity contribution in [2.24, 2.45) is 0 Å². The second-order valence-corrected chi connectivity index (χ2v) is 11.5. The fraction of sp³-hybridized carbons (Fsp3) is 0.321. The maximum absolute atomic E-state index is 13.6. The van der Waals surface area contributed by atoms with Crippen LogP contribution >= 0.6 is 11.6 Å². The number of anilines is 1. The summed E-state index contributed by atoms with van der Waals surface area (Å²) in [7, 11) is -4.38. The molecule has 1 aliphatic rings. The molecule has 0 radical (unpaired) electrons. The number of fused-ring (bicyclic) bond motifs is 1. The Morgan fingerprint density at radius 1 is 1.00 bits per heavy atom. The summed E-state index contributed by atoms with van der Waals surface area (Å²) in [6.07, 6.45) is -0.0209. The van der Waals surface area contributed by atoms with Crippen LogP contribution in [0.3, 0.4) is 0 Å². The first kappa shape index (κ1) is 28.0. The Labute approximate surface area is 225 Å². The van der Waals surface area contributed by atoms with Crippen LogP contribution in [0.25, 0.3) is 0 Å². The van der Waals surface area contributed by atoms with E-state index in [1.54, 1.807) is 6.07 Å². The summed E-state index contributed by atoms with van der Waals surface area (Å²) in [5.74, 6) is -0.641. The first-order valence-corrected chi connectivity index (χ1v) is 14.2.